The average molecular weight is 763 g/mol. The highest BCUT2D eigenvalue weighted by atomic mass is 15.0. The lowest BCUT2D eigenvalue weighted by Gasteiger charge is -2.16. The summed E-state index contributed by atoms with van der Waals surface area (Å²) in [5, 5.41) is 12.8. The Morgan fingerprint density at radius 2 is 0.750 bits per heavy atom. The molecule has 60 heavy (non-hydrogen) atoms. The predicted molar refractivity (Wildman–Crippen MR) is 250 cm³/mol. The third-order valence-corrected chi connectivity index (χ3v) is 11.9. The molecule has 0 atom stereocenters. The van der Waals surface area contributed by atoms with Crippen molar-refractivity contribution in [1.29, 1.82) is 0 Å². The Kier molecular flexibility index (Phi) is 7.82. The molecule has 0 aliphatic heterocycles. The van der Waals surface area contributed by atoms with Crippen LogP contribution < -0.4 is 0 Å². The Morgan fingerprint density at radius 1 is 0.250 bits per heavy atom. The van der Waals surface area contributed by atoms with Gasteiger partial charge < -0.3 is 0 Å². The minimum Gasteiger partial charge on any atom is -0.247 e. The first-order valence-electron chi connectivity index (χ1n) is 20.3. The number of hydrogen-bond donors (Lipinski definition) is 0. The van der Waals surface area contributed by atoms with E-state index in [9.17, 15) is 0 Å². The van der Waals surface area contributed by atoms with E-state index in [4.69, 9.17) is 19.9 Å². The van der Waals surface area contributed by atoms with Crippen molar-refractivity contribution in [3.8, 4) is 56.5 Å². The van der Waals surface area contributed by atoms with Crippen molar-refractivity contribution in [2.45, 2.75) is 0 Å². The molecule has 10 aromatic carbocycles. The van der Waals surface area contributed by atoms with Crippen molar-refractivity contribution in [1.82, 2.24) is 19.9 Å². The second kappa shape index (κ2) is 13.8. The number of nitrogens with zero attached hydrogens (tertiary/aromatic N) is 4. The second-order valence-corrected chi connectivity index (χ2v) is 15.4. The van der Waals surface area contributed by atoms with E-state index >= 15 is 0 Å². The Morgan fingerprint density at radius 3 is 1.43 bits per heavy atom. The molecule has 12 rings (SSSR count). The highest BCUT2D eigenvalue weighted by Gasteiger charge is 2.19. The molecule has 4 heteroatoms. The lowest BCUT2D eigenvalue weighted by molar-refractivity contribution is 1.08. The highest BCUT2D eigenvalue weighted by Crippen LogP contribution is 2.42. The number of hydrogen-bond acceptors (Lipinski definition) is 4. The van der Waals surface area contributed by atoms with E-state index in [0.29, 0.717) is 17.5 Å². The number of para-hydroxylation sites is 1. The van der Waals surface area contributed by atoms with Crippen molar-refractivity contribution in [2.75, 3.05) is 0 Å². The molecule has 0 radical (unpaired) electrons. The monoisotopic (exact) mass is 762 g/mol. The maximum Gasteiger partial charge on any atom is 0.164 e. The zero-order chi connectivity index (χ0) is 39.6. The molecule has 0 unspecified atom stereocenters. The summed E-state index contributed by atoms with van der Waals surface area (Å²) in [5.41, 5.74) is 8.17. The van der Waals surface area contributed by atoms with Crippen molar-refractivity contribution in [3.05, 3.63) is 206 Å². The molecule has 0 aliphatic carbocycles. The van der Waals surface area contributed by atoms with E-state index in [1.807, 2.05) is 0 Å². The normalized spacial score (nSPS) is 11.7. The Bertz CT molecular complexity index is 3560. The summed E-state index contributed by atoms with van der Waals surface area (Å²) in [6.07, 6.45) is 0. The number of rotatable bonds is 5. The summed E-state index contributed by atoms with van der Waals surface area (Å²) in [6, 6.07) is 72.9. The molecule has 2 aromatic heterocycles. The molecule has 0 bridgehead atoms. The van der Waals surface area contributed by atoms with Gasteiger partial charge in [0.2, 0.25) is 0 Å². The summed E-state index contributed by atoms with van der Waals surface area (Å²) in [6.45, 7) is 0. The van der Waals surface area contributed by atoms with Gasteiger partial charge in [0.15, 0.2) is 17.5 Å². The van der Waals surface area contributed by atoms with E-state index in [1.165, 1.54) is 26.9 Å². The fourth-order valence-electron chi connectivity index (χ4n) is 9.00. The molecule has 0 saturated heterocycles. The molecule has 12 aromatic rings. The van der Waals surface area contributed by atoms with Crippen molar-refractivity contribution in [2.24, 2.45) is 0 Å². The van der Waals surface area contributed by atoms with Crippen molar-refractivity contribution >= 4 is 64.8 Å². The molecule has 278 valence electrons. The number of benzene rings is 10. The van der Waals surface area contributed by atoms with Gasteiger partial charge in [-0.3, -0.25) is 0 Å². The molecule has 0 saturated carbocycles. The van der Waals surface area contributed by atoms with Gasteiger partial charge in [-0.15, -0.1) is 0 Å². The molecule has 0 fully saturated rings. The van der Waals surface area contributed by atoms with Crippen LogP contribution >= 0.6 is 0 Å². The smallest absolute Gasteiger partial charge is 0.164 e. The Balaban J connectivity index is 1.05. The lowest BCUT2D eigenvalue weighted by atomic mass is 9.89. The van der Waals surface area contributed by atoms with Crippen LogP contribution in [0, 0.1) is 0 Å². The Labute approximate surface area is 346 Å². The van der Waals surface area contributed by atoms with E-state index < -0.39 is 0 Å². The maximum absolute atomic E-state index is 5.36. The summed E-state index contributed by atoms with van der Waals surface area (Å²) in [7, 11) is 0. The minimum absolute atomic E-state index is 0.625. The van der Waals surface area contributed by atoms with Gasteiger partial charge in [-0.1, -0.05) is 188 Å². The quantitative estimate of drug-likeness (QED) is 0.164. The van der Waals surface area contributed by atoms with E-state index in [2.05, 4.69) is 206 Å². The Hall–Kier alpha value is -8.08. The van der Waals surface area contributed by atoms with Gasteiger partial charge in [0.05, 0.1) is 11.2 Å². The maximum atomic E-state index is 5.36. The average Bonchev–Trinajstić information content (AvgIpc) is 3.32. The van der Waals surface area contributed by atoms with Crippen LogP contribution in [0.1, 0.15) is 0 Å². The molecular formula is C56H34N4. The first kappa shape index (κ1) is 34.0. The molecule has 0 spiro atoms. The largest absolute Gasteiger partial charge is 0.247 e. The molecule has 0 amide bonds. The van der Waals surface area contributed by atoms with Gasteiger partial charge in [0.1, 0.15) is 0 Å². The fraction of sp³-hybridized carbons (Fsp3) is 0. The highest BCUT2D eigenvalue weighted by molar-refractivity contribution is 6.25. The van der Waals surface area contributed by atoms with Crippen LogP contribution in [0.2, 0.25) is 0 Å². The zero-order valence-corrected chi connectivity index (χ0v) is 32.4. The molecule has 0 aliphatic rings. The van der Waals surface area contributed by atoms with Gasteiger partial charge in [-0.05, 0) is 72.4 Å². The van der Waals surface area contributed by atoms with E-state index in [-0.39, 0.29) is 0 Å². The van der Waals surface area contributed by atoms with Gasteiger partial charge >= 0.3 is 0 Å². The van der Waals surface area contributed by atoms with E-state index in [1.54, 1.807) is 0 Å². The van der Waals surface area contributed by atoms with Crippen molar-refractivity contribution < 1.29 is 0 Å². The standard InChI is InChI=1S/C56H34N4/c1-2-16-40-33-41(32-27-35(40)13-1)53-50-34-49(44-21-7-8-22-45(44)52(50)48-23-9-10-26-51(48)57-53)38-28-30-39(31-29-38)54-58-55(46-24-11-17-36-14-3-5-19-42(36)46)60-56(59-54)47-25-12-18-37-15-4-6-20-43(37)47/h1-34H. The number of fused-ring (bicyclic) bond motifs is 8. The molecule has 0 N–H and O–H groups in total. The topological polar surface area (TPSA) is 51.6 Å². The molecular weight excluding hydrogens is 729 g/mol. The van der Waals surface area contributed by atoms with E-state index in [0.717, 1.165) is 76.9 Å². The summed E-state index contributed by atoms with van der Waals surface area (Å²) in [4.78, 5) is 20.9. The van der Waals surface area contributed by atoms with Crippen LogP contribution in [0.5, 0.6) is 0 Å². The molecule has 4 nitrogen and oxygen atoms in total. The predicted octanol–water partition coefficient (Wildman–Crippen LogP) is 14.5. The van der Waals surface area contributed by atoms with Crippen LogP contribution in [0.4, 0.5) is 0 Å². The van der Waals surface area contributed by atoms with Crippen LogP contribution in [-0.4, -0.2) is 19.9 Å². The first-order valence-corrected chi connectivity index (χ1v) is 20.3. The summed E-state index contributed by atoms with van der Waals surface area (Å²) in [5.74, 6) is 1.91. The van der Waals surface area contributed by atoms with Gasteiger partial charge in [-0.25, -0.2) is 19.9 Å². The number of pyridine rings is 1. The second-order valence-electron chi connectivity index (χ2n) is 15.4. The van der Waals surface area contributed by atoms with Crippen LogP contribution in [0.3, 0.4) is 0 Å². The van der Waals surface area contributed by atoms with Gasteiger partial charge in [0, 0.05) is 38.4 Å². The third-order valence-electron chi connectivity index (χ3n) is 11.9. The third kappa shape index (κ3) is 5.61. The summed E-state index contributed by atoms with van der Waals surface area (Å²) >= 11 is 0. The van der Waals surface area contributed by atoms with Gasteiger partial charge in [0.25, 0.3) is 0 Å². The van der Waals surface area contributed by atoms with Crippen LogP contribution in [0.15, 0.2) is 206 Å². The zero-order valence-electron chi connectivity index (χ0n) is 32.4. The fourth-order valence-corrected chi connectivity index (χ4v) is 9.00. The lowest BCUT2D eigenvalue weighted by Crippen LogP contribution is -2.01. The number of aromatic nitrogens is 4. The summed E-state index contributed by atoms with van der Waals surface area (Å²) < 4.78 is 0. The molecule has 2 heterocycles. The van der Waals surface area contributed by atoms with Gasteiger partial charge in [-0.2, -0.15) is 0 Å². The first-order chi connectivity index (χ1) is 29.7. The SMILES string of the molecule is c1ccc2cc(-c3nc4ccccc4c4c3cc(-c3ccc(-c5nc(-c6cccc7ccccc67)nc(-c6cccc7ccccc67)n5)cc3)c3ccccc34)ccc2c1. The van der Waals surface area contributed by atoms with Crippen LogP contribution in [0.25, 0.3) is 121 Å². The minimum atomic E-state index is 0.625. The van der Waals surface area contributed by atoms with Crippen LogP contribution in [-0.2, 0) is 0 Å². The van der Waals surface area contributed by atoms with Crippen molar-refractivity contribution in [3.63, 3.8) is 0 Å².